The summed E-state index contributed by atoms with van der Waals surface area (Å²) in [7, 11) is -2.73. The average molecular weight is 453 g/mol. The number of amides is 1. The first kappa shape index (κ1) is 23.0. The number of ether oxygens (including phenoxy) is 1. The molecule has 0 heterocycles. The molecule has 0 aliphatic heterocycles. The van der Waals surface area contributed by atoms with Gasteiger partial charge in [-0.15, -0.1) is 0 Å². The van der Waals surface area contributed by atoms with Gasteiger partial charge in [-0.05, 0) is 48.4 Å². The number of hydrogen-bond acceptors (Lipinski definition) is 5. The highest BCUT2D eigenvalue weighted by Crippen LogP contribution is 2.27. The van der Waals surface area contributed by atoms with Crippen LogP contribution in [-0.4, -0.2) is 33.9 Å². The fourth-order valence-electron chi connectivity index (χ4n) is 3.25. The Hall–Kier alpha value is -3.65. The topological polar surface area (TPSA) is 92.8 Å². The highest BCUT2D eigenvalue weighted by Gasteiger charge is 2.28. The van der Waals surface area contributed by atoms with Gasteiger partial charge in [0.05, 0.1) is 23.3 Å². The molecule has 0 saturated heterocycles. The second kappa shape index (κ2) is 10.1. The van der Waals surface area contributed by atoms with Crippen molar-refractivity contribution in [1.82, 2.24) is 0 Å². The molecule has 0 saturated carbocycles. The molecule has 0 aliphatic carbocycles. The normalized spacial score (nSPS) is 10.9. The molecule has 3 rings (SSSR count). The molecule has 0 fully saturated rings. The van der Waals surface area contributed by atoms with Crippen molar-refractivity contribution in [3.05, 3.63) is 90.0 Å². The van der Waals surface area contributed by atoms with Crippen LogP contribution in [0.25, 0.3) is 0 Å². The van der Waals surface area contributed by atoms with Crippen LogP contribution in [0.3, 0.4) is 0 Å². The van der Waals surface area contributed by atoms with E-state index in [1.807, 2.05) is 19.1 Å². The molecule has 0 unspecified atom stereocenters. The van der Waals surface area contributed by atoms with Gasteiger partial charge in [-0.2, -0.15) is 0 Å². The fourth-order valence-corrected chi connectivity index (χ4v) is 4.72. The Kier molecular flexibility index (Phi) is 7.27. The Balaban J connectivity index is 1.95. The van der Waals surface area contributed by atoms with Crippen LogP contribution in [-0.2, 0) is 26.0 Å². The van der Waals surface area contributed by atoms with Gasteiger partial charge in [0.1, 0.15) is 6.54 Å². The number of carbonyl (C=O) groups is 2. The standard InChI is InChI=1S/C24H24N2O5S/c1-3-18-10-7-8-15-22(18)26(32(29,30)21-13-5-4-6-14-21)17-23(27)25-20-12-9-11-19(16-20)24(28)31-2/h4-16H,3,17H2,1-2H3,(H,25,27). The number of benzene rings is 3. The van der Waals surface area contributed by atoms with E-state index in [0.717, 1.165) is 9.87 Å². The molecule has 0 atom stereocenters. The Morgan fingerprint density at radius 3 is 2.31 bits per heavy atom. The number of carbonyl (C=O) groups excluding carboxylic acids is 2. The Bertz CT molecular complexity index is 1210. The van der Waals surface area contributed by atoms with Crippen molar-refractivity contribution in [1.29, 1.82) is 0 Å². The van der Waals surface area contributed by atoms with Gasteiger partial charge in [0.25, 0.3) is 10.0 Å². The zero-order chi connectivity index (χ0) is 23.1. The molecule has 7 nitrogen and oxygen atoms in total. The monoisotopic (exact) mass is 452 g/mol. The molecule has 0 aliphatic rings. The van der Waals surface area contributed by atoms with Gasteiger partial charge in [-0.3, -0.25) is 9.10 Å². The van der Waals surface area contributed by atoms with E-state index < -0.39 is 28.4 Å². The van der Waals surface area contributed by atoms with Crippen LogP contribution in [0.15, 0.2) is 83.8 Å². The number of sulfonamides is 1. The summed E-state index contributed by atoms with van der Waals surface area (Å²) in [5.74, 6) is -1.08. The molecule has 0 aromatic heterocycles. The highest BCUT2D eigenvalue weighted by molar-refractivity contribution is 7.92. The van der Waals surface area contributed by atoms with Gasteiger partial charge in [0, 0.05) is 5.69 Å². The molecule has 1 amide bonds. The minimum absolute atomic E-state index is 0.0893. The summed E-state index contributed by atoms with van der Waals surface area (Å²) in [5.41, 5.74) is 1.87. The number of nitrogens with one attached hydrogen (secondary N) is 1. The number of rotatable bonds is 8. The van der Waals surface area contributed by atoms with Crippen molar-refractivity contribution < 1.29 is 22.7 Å². The van der Waals surface area contributed by atoms with Gasteiger partial charge >= 0.3 is 5.97 Å². The van der Waals surface area contributed by atoms with E-state index in [2.05, 4.69) is 5.32 Å². The van der Waals surface area contributed by atoms with E-state index in [-0.39, 0.29) is 10.5 Å². The Morgan fingerprint density at radius 1 is 0.938 bits per heavy atom. The van der Waals surface area contributed by atoms with E-state index >= 15 is 0 Å². The smallest absolute Gasteiger partial charge is 0.337 e. The largest absolute Gasteiger partial charge is 0.465 e. The van der Waals surface area contributed by atoms with Crippen molar-refractivity contribution >= 4 is 33.3 Å². The third-order valence-electron chi connectivity index (χ3n) is 4.83. The van der Waals surface area contributed by atoms with Crippen LogP contribution in [0.5, 0.6) is 0 Å². The molecule has 1 N–H and O–H groups in total. The number of hydrogen-bond donors (Lipinski definition) is 1. The maximum Gasteiger partial charge on any atom is 0.337 e. The molecule has 32 heavy (non-hydrogen) atoms. The lowest BCUT2D eigenvalue weighted by atomic mass is 10.1. The first-order valence-corrected chi connectivity index (χ1v) is 11.4. The van der Waals surface area contributed by atoms with E-state index in [1.54, 1.807) is 48.5 Å². The summed E-state index contributed by atoms with van der Waals surface area (Å²) in [6, 6.07) is 21.3. The highest BCUT2D eigenvalue weighted by atomic mass is 32.2. The molecule has 3 aromatic carbocycles. The van der Waals surface area contributed by atoms with Gasteiger partial charge < -0.3 is 10.1 Å². The van der Waals surface area contributed by atoms with Crippen LogP contribution in [0.1, 0.15) is 22.8 Å². The predicted octanol–water partition coefficient (Wildman–Crippen LogP) is 3.87. The number of aryl methyl sites for hydroxylation is 1. The number of para-hydroxylation sites is 1. The molecule has 166 valence electrons. The van der Waals surface area contributed by atoms with Gasteiger partial charge in [-0.25, -0.2) is 13.2 Å². The van der Waals surface area contributed by atoms with Crippen LogP contribution in [0, 0.1) is 0 Å². The molecule has 0 radical (unpaired) electrons. The lowest BCUT2D eigenvalue weighted by Crippen LogP contribution is -2.38. The fraction of sp³-hybridized carbons (Fsp3) is 0.167. The van der Waals surface area contributed by atoms with Gasteiger partial charge in [-0.1, -0.05) is 49.4 Å². The summed E-state index contributed by atoms with van der Waals surface area (Å²) in [6.45, 7) is 1.49. The minimum atomic E-state index is -4.00. The average Bonchev–Trinajstić information content (AvgIpc) is 2.82. The first-order valence-electron chi connectivity index (χ1n) is 10.0. The van der Waals surface area contributed by atoms with Crippen molar-refractivity contribution in [2.45, 2.75) is 18.2 Å². The SMILES string of the molecule is CCc1ccccc1N(CC(=O)Nc1cccc(C(=O)OC)c1)S(=O)(=O)c1ccccc1. The first-order chi connectivity index (χ1) is 15.4. The van der Waals surface area contributed by atoms with Crippen molar-refractivity contribution in [3.63, 3.8) is 0 Å². The van der Waals surface area contributed by atoms with Gasteiger partial charge in [0.2, 0.25) is 5.91 Å². The lowest BCUT2D eigenvalue weighted by molar-refractivity contribution is -0.114. The third-order valence-corrected chi connectivity index (χ3v) is 6.60. The van der Waals surface area contributed by atoms with Crippen LogP contribution in [0.4, 0.5) is 11.4 Å². The van der Waals surface area contributed by atoms with Crippen LogP contribution in [0.2, 0.25) is 0 Å². The van der Waals surface area contributed by atoms with Crippen LogP contribution < -0.4 is 9.62 Å². The van der Waals surface area contributed by atoms with Gasteiger partial charge in [0.15, 0.2) is 0 Å². The summed E-state index contributed by atoms with van der Waals surface area (Å²) in [5, 5.41) is 2.67. The maximum absolute atomic E-state index is 13.5. The zero-order valence-corrected chi connectivity index (χ0v) is 18.6. The van der Waals surface area contributed by atoms with E-state index in [9.17, 15) is 18.0 Å². The van der Waals surface area contributed by atoms with E-state index in [4.69, 9.17) is 4.74 Å². The van der Waals surface area contributed by atoms with Crippen LogP contribution >= 0.6 is 0 Å². The zero-order valence-electron chi connectivity index (χ0n) is 17.8. The van der Waals surface area contributed by atoms with Crippen molar-refractivity contribution in [2.24, 2.45) is 0 Å². The predicted molar refractivity (Wildman–Crippen MR) is 123 cm³/mol. The number of methoxy groups -OCH3 is 1. The molecule has 3 aromatic rings. The third kappa shape index (κ3) is 5.15. The van der Waals surface area contributed by atoms with E-state index in [1.165, 1.54) is 25.3 Å². The Labute approximate surface area is 187 Å². The van der Waals surface area contributed by atoms with Crippen molar-refractivity contribution in [3.8, 4) is 0 Å². The summed E-state index contributed by atoms with van der Waals surface area (Å²) >= 11 is 0. The molecule has 0 bridgehead atoms. The summed E-state index contributed by atoms with van der Waals surface area (Å²) in [4.78, 5) is 24.7. The van der Waals surface area contributed by atoms with Crippen molar-refractivity contribution in [2.75, 3.05) is 23.3 Å². The molecule has 8 heteroatoms. The molecular formula is C24H24N2O5S. The molecular weight excluding hydrogens is 428 g/mol. The lowest BCUT2D eigenvalue weighted by Gasteiger charge is -2.26. The number of anilines is 2. The second-order valence-corrected chi connectivity index (χ2v) is 8.79. The minimum Gasteiger partial charge on any atom is -0.465 e. The number of nitrogens with zero attached hydrogens (tertiary/aromatic N) is 1. The molecule has 0 spiro atoms. The number of esters is 1. The summed E-state index contributed by atoms with van der Waals surface area (Å²) in [6.07, 6.45) is 0.597. The second-order valence-electron chi connectivity index (χ2n) is 6.93. The summed E-state index contributed by atoms with van der Waals surface area (Å²) < 4.78 is 32.7. The maximum atomic E-state index is 13.5. The quantitative estimate of drug-likeness (QED) is 0.524. The van der Waals surface area contributed by atoms with E-state index in [0.29, 0.717) is 17.8 Å². The Morgan fingerprint density at radius 2 is 1.62 bits per heavy atom.